The summed E-state index contributed by atoms with van der Waals surface area (Å²) in [7, 11) is 0. The number of para-hydroxylation sites is 1. The summed E-state index contributed by atoms with van der Waals surface area (Å²) >= 11 is 0. The Morgan fingerprint density at radius 2 is 2.10 bits per heavy atom. The normalized spacial score (nSPS) is 15.6. The van der Waals surface area contributed by atoms with Crippen molar-refractivity contribution in [2.24, 2.45) is 5.92 Å². The Labute approximate surface area is 129 Å². The minimum atomic E-state index is 0.672. The van der Waals surface area contributed by atoms with Gasteiger partial charge in [-0.25, -0.2) is 0 Å². The van der Waals surface area contributed by atoms with Gasteiger partial charge < -0.3 is 10.1 Å². The van der Waals surface area contributed by atoms with E-state index in [1.807, 2.05) is 6.07 Å². The van der Waals surface area contributed by atoms with Crippen LogP contribution in [0.1, 0.15) is 25.8 Å². The third-order valence-corrected chi connectivity index (χ3v) is 3.65. The van der Waals surface area contributed by atoms with Crippen LogP contribution in [-0.2, 0) is 6.54 Å². The van der Waals surface area contributed by atoms with Crippen LogP contribution >= 0.6 is 0 Å². The molecular weight excluding hydrogens is 260 g/mol. The Hall–Kier alpha value is -1.32. The molecule has 0 bridgehead atoms. The molecule has 21 heavy (non-hydrogen) atoms. The third kappa shape index (κ3) is 5.90. The molecule has 2 rings (SSSR count). The predicted molar refractivity (Wildman–Crippen MR) is 88.7 cm³/mol. The molecule has 0 aromatic heterocycles. The van der Waals surface area contributed by atoms with Gasteiger partial charge >= 0.3 is 0 Å². The second-order valence-electron chi connectivity index (χ2n) is 6.04. The summed E-state index contributed by atoms with van der Waals surface area (Å²) < 4.78 is 5.99. The van der Waals surface area contributed by atoms with E-state index < -0.39 is 0 Å². The number of nitrogens with zero attached hydrogens (tertiary/aromatic N) is 1. The predicted octanol–water partition coefficient (Wildman–Crippen LogP) is 3.07. The van der Waals surface area contributed by atoms with Gasteiger partial charge in [0, 0.05) is 31.7 Å². The van der Waals surface area contributed by atoms with Crippen molar-refractivity contribution in [1.82, 2.24) is 10.2 Å². The molecule has 3 heteroatoms. The van der Waals surface area contributed by atoms with E-state index in [-0.39, 0.29) is 0 Å². The number of hydrogen-bond acceptors (Lipinski definition) is 3. The van der Waals surface area contributed by atoms with E-state index in [0.717, 1.165) is 51.5 Å². The van der Waals surface area contributed by atoms with Crippen molar-refractivity contribution in [2.45, 2.75) is 26.8 Å². The first-order valence-corrected chi connectivity index (χ1v) is 8.04. The topological polar surface area (TPSA) is 24.5 Å². The fraction of sp³-hybridized carbons (Fsp3) is 0.556. The summed E-state index contributed by atoms with van der Waals surface area (Å²) in [6.45, 7) is 10.3. The average Bonchev–Trinajstić information content (AvgIpc) is 2.49. The maximum atomic E-state index is 5.99. The van der Waals surface area contributed by atoms with Crippen LogP contribution in [0.25, 0.3) is 0 Å². The van der Waals surface area contributed by atoms with Crippen LogP contribution in [0.2, 0.25) is 0 Å². The largest absolute Gasteiger partial charge is 0.492 e. The van der Waals surface area contributed by atoms with Crippen LogP contribution in [0.15, 0.2) is 36.4 Å². The summed E-state index contributed by atoms with van der Waals surface area (Å²) in [5.74, 6) is 1.69. The fourth-order valence-corrected chi connectivity index (χ4v) is 2.46. The highest BCUT2D eigenvalue weighted by molar-refractivity contribution is 5.33. The van der Waals surface area contributed by atoms with E-state index in [2.05, 4.69) is 54.4 Å². The fourth-order valence-electron chi connectivity index (χ4n) is 2.46. The average molecular weight is 288 g/mol. The highest BCUT2D eigenvalue weighted by Crippen LogP contribution is 2.17. The molecule has 0 radical (unpaired) electrons. The van der Waals surface area contributed by atoms with Gasteiger partial charge in [0.1, 0.15) is 12.4 Å². The van der Waals surface area contributed by atoms with Crippen molar-refractivity contribution >= 4 is 0 Å². The first-order valence-electron chi connectivity index (χ1n) is 8.04. The van der Waals surface area contributed by atoms with Gasteiger partial charge in [-0.3, -0.25) is 4.90 Å². The van der Waals surface area contributed by atoms with Crippen LogP contribution < -0.4 is 10.1 Å². The van der Waals surface area contributed by atoms with Crippen LogP contribution in [0.4, 0.5) is 0 Å². The molecule has 1 heterocycles. The van der Waals surface area contributed by atoms with Crippen molar-refractivity contribution in [2.75, 3.05) is 32.8 Å². The molecule has 0 saturated carbocycles. The number of benzene rings is 1. The van der Waals surface area contributed by atoms with E-state index in [9.17, 15) is 0 Å². The lowest BCUT2D eigenvalue weighted by Gasteiger charge is -2.23. The Morgan fingerprint density at radius 1 is 1.24 bits per heavy atom. The molecule has 1 aliphatic rings. The lowest BCUT2D eigenvalue weighted by Crippen LogP contribution is -2.31. The van der Waals surface area contributed by atoms with E-state index in [0.29, 0.717) is 5.92 Å². The highest BCUT2D eigenvalue weighted by Gasteiger charge is 2.07. The van der Waals surface area contributed by atoms with E-state index in [1.165, 1.54) is 5.56 Å². The standard InChI is InChI=1S/C18H28N2O/c1-16(2)14-19-15-17-8-4-5-9-18(17)21-13-12-20-10-6-3-7-11-20/h3-6,8-9,16,19H,7,10-15H2,1-2H3. The molecular formula is C18H28N2O. The first kappa shape index (κ1) is 16.1. The van der Waals surface area contributed by atoms with Gasteiger partial charge in [-0.15, -0.1) is 0 Å². The van der Waals surface area contributed by atoms with Gasteiger partial charge in [-0.05, 0) is 24.9 Å². The molecule has 1 aromatic rings. The minimum absolute atomic E-state index is 0.672. The van der Waals surface area contributed by atoms with Crippen LogP contribution in [0.5, 0.6) is 5.75 Å². The van der Waals surface area contributed by atoms with Gasteiger partial charge in [0.25, 0.3) is 0 Å². The Morgan fingerprint density at radius 3 is 2.86 bits per heavy atom. The first-order chi connectivity index (χ1) is 10.3. The van der Waals surface area contributed by atoms with Gasteiger partial charge in [-0.2, -0.15) is 0 Å². The molecule has 0 spiro atoms. The zero-order valence-electron chi connectivity index (χ0n) is 13.3. The lowest BCUT2D eigenvalue weighted by atomic mass is 10.2. The quantitative estimate of drug-likeness (QED) is 0.744. The van der Waals surface area contributed by atoms with Crippen molar-refractivity contribution in [3.8, 4) is 5.75 Å². The Balaban J connectivity index is 1.77. The summed E-state index contributed by atoms with van der Waals surface area (Å²) in [5, 5.41) is 3.48. The maximum Gasteiger partial charge on any atom is 0.123 e. The minimum Gasteiger partial charge on any atom is -0.492 e. The SMILES string of the molecule is CC(C)CNCc1ccccc1OCCN1CC=CCC1. The molecule has 0 unspecified atom stereocenters. The number of hydrogen-bond donors (Lipinski definition) is 1. The van der Waals surface area contributed by atoms with Gasteiger partial charge in [0.05, 0.1) is 0 Å². The van der Waals surface area contributed by atoms with E-state index >= 15 is 0 Å². The molecule has 0 amide bonds. The van der Waals surface area contributed by atoms with Crippen molar-refractivity contribution in [3.05, 3.63) is 42.0 Å². The molecule has 0 aliphatic carbocycles. The number of nitrogens with one attached hydrogen (secondary N) is 1. The molecule has 0 atom stereocenters. The number of ether oxygens (including phenoxy) is 1. The van der Waals surface area contributed by atoms with Gasteiger partial charge in [-0.1, -0.05) is 44.2 Å². The molecule has 3 nitrogen and oxygen atoms in total. The summed E-state index contributed by atoms with van der Waals surface area (Å²) in [6, 6.07) is 8.34. The van der Waals surface area contributed by atoms with Crippen molar-refractivity contribution in [3.63, 3.8) is 0 Å². The molecule has 1 aliphatic heterocycles. The van der Waals surface area contributed by atoms with E-state index in [4.69, 9.17) is 4.74 Å². The van der Waals surface area contributed by atoms with Gasteiger partial charge in [0.15, 0.2) is 0 Å². The van der Waals surface area contributed by atoms with Crippen molar-refractivity contribution < 1.29 is 4.74 Å². The van der Waals surface area contributed by atoms with Crippen LogP contribution in [-0.4, -0.2) is 37.7 Å². The molecule has 1 N–H and O–H groups in total. The van der Waals surface area contributed by atoms with Crippen molar-refractivity contribution in [1.29, 1.82) is 0 Å². The maximum absolute atomic E-state index is 5.99. The summed E-state index contributed by atoms with van der Waals surface area (Å²) in [6.07, 6.45) is 5.66. The molecule has 116 valence electrons. The van der Waals surface area contributed by atoms with Crippen LogP contribution in [0.3, 0.4) is 0 Å². The third-order valence-electron chi connectivity index (χ3n) is 3.65. The molecule has 1 aromatic carbocycles. The lowest BCUT2D eigenvalue weighted by molar-refractivity contribution is 0.219. The Kier molecular flexibility index (Phi) is 6.77. The smallest absolute Gasteiger partial charge is 0.123 e. The second kappa shape index (κ2) is 8.85. The monoisotopic (exact) mass is 288 g/mol. The highest BCUT2D eigenvalue weighted by atomic mass is 16.5. The summed E-state index contributed by atoms with van der Waals surface area (Å²) in [5.41, 5.74) is 1.25. The zero-order valence-corrected chi connectivity index (χ0v) is 13.3. The Bertz CT molecular complexity index is 443. The molecule has 0 saturated heterocycles. The van der Waals surface area contributed by atoms with E-state index in [1.54, 1.807) is 0 Å². The van der Waals surface area contributed by atoms with Crippen LogP contribution in [0, 0.1) is 5.92 Å². The second-order valence-corrected chi connectivity index (χ2v) is 6.04. The number of rotatable bonds is 8. The summed E-state index contributed by atoms with van der Waals surface area (Å²) in [4.78, 5) is 2.43. The zero-order chi connectivity index (χ0) is 14.9. The molecule has 0 fully saturated rings. The van der Waals surface area contributed by atoms with Gasteiger partial charge in [0.2, 0.25) is 0 Å².